The third kappa shape index (κ3) is 13.4. The van der Waals surface area contributed by atoms with E-state index in [2.05, 4.69) is 26.6 Å². The molecule has 1 heterocycles. The smallest absolute Gasteiger partial charge is 0.333 e. The van der Waals surface area contributed by atoms with Crippen molar-refractivity contribution in [2.45, 2.75) is 57.1 Å². The molecule has 16 heteroatoms. The van der Waals surface area contributed by atoms with Gasteiger partial charge in [-0.3, -0.25) is 38.5 Å². The Bertz CT molecular complexity index is 1330. The summed E-state index contributed by atoms with van der Waals surface area (Å²) in [7, 11) is 0. The highest BCUT2D eigenvalue weighted by atomic mass is 16.5. The Morgan fingerprint density at radius 2 is 1.40 bits per heavy atom. The fourth-order valence-corrected chi connectivity index (χ4v) is 4.57. The van der Waals surface area contributed by atoms with Gasteiger partial charge in [-0.05, 0) is 37.2 Å². The number of benzene rings is 1. The van der Waals surface area contributed by atoms with Crippen LogP contribution in [0.25, 0.3) is 0 Å². The number of hydrogen-bond acceptors (Lipinski definition) is 9. The highest BCUT2D eigenvalue weighted by molar-refractivity contribution is 6.12. The van der Waals surface area contributed by atoms with Crippen LogP contribution in [0.15, 0.2) is 42.5 Å². The number of nitrogens with one attached hydrogen (secondary N) is 5. The molecule has 3 rings (SSSR count). The summed E-state index contributed by atoms with van der Waals surface area (Å²) < 4.78 is 5.23. The zero-order chi connectivity index (χ0) is 34.2. The first kappa shape index (κ1) is 36.3. The van der Waals surface area contributed by atoms with Gasteiger partial charge in [-0.15, -0.1) is 0 Å². The number of amides is 7. The molecular weight excluding hydrogens is 616 g/mol. The second kappa shape index (κ2) is 18.8. The number of carboxylic acids is 1. The molecule has 6 N–H and O–H groups in total. The maximum Gasteiger partial charge on any atom is 0.333 e. The predicted octanol–water partition coefficient (Wildman–Crippen LogP) is -1.50. The van der Waals surface area contributed by atoms with Crippen molar-refractivity contribution in [2.75, 3.05) is 32.9 Å². The number of hydrogen-bond donors (Lipinski definition) is 6. The molecule has 0 saturated heterocycles. The van der Waals surface area contributed by atoms with Gasteiger partial charge in [-0.25, -0.2) is 4.79 Å². The molecule has 0 bridgehead atoms. The molecule has 47 heavy (non-hydrogen) atoms. The van der Waals surface area contributed by atoms with Crippen molar-refractivity contribution in [2.24, 2.45) is 5.92 Å². The summed E-state index contributed by atoms with van der Waals surface area (Å²) in [6.07, 6.45) is 4.77. The second-order valence-electron chi connectivity index (χ2n) is 11.1. The van der Waals surface area contributed by atoms with Crippen LogP contribution in [0.3, 0.4) is 0 Å². The zero-order valence-electron chi connectivity index (χ0n) is 25.8. The van der Waals surface area contributed by atoms with Gasteiger partial charge in [0, 0.05) is 31.5 Å². The van der Waals surface area contributed by atoms with Crippen LogP contribution in [-0.4, -0.2) is 102 Å². The van der Waals surface area contributed by atoms with Gasteiger partial charge in [0.2, 0.25) is 29.5 Å². The van der Waals surface area contributed by atoms with E-state index in [0.717, 1.165) is 23.3 Å². The van der Waals surface area contributed by atoms with Crippen LogP contribution in [0.2, 0.25) is 0 Å². The van der Waals surface area contributed by atoms with E-state index < -0.39 is 54.8 Å². The number of nitrogens with zero attached hydrogens (tertiary/aromatic N) is 1. The summed E-state index contributed by atoms with van der Waals surface area (Å²) in [5.74, 6) is -4.85. The van der Waals surface area contributed by atoms with E-state index in [-0.39, 0.29) is 56.3 Å². The molecule has 2 aliphatic rings. The molecule has 0 spiro atoms. The number of rotatable bonds is 21. The zero-order valence-corrected chi connectivity index (χ0v) is 25.8. The number of carboxylic acid groups (broad SMARTS) is 1. The molecule has 7 amide bonds. The van der Waals surface area contributed by atoms with Crippen molar-refractivity contribution in [3.8, 4) is 0 Å². The van der Waals surface area contributed by atoms with Crippen LogP contribution in [0, 0.1) is 5.92 Å². The number of unbranched alkanes of at least 4 members (excludes halogenated alkanes) is 2. The summed E-state index contributed by atoms with van der Waals surface area (Å²) >= 11 is 0. The summed E-state index contributed by atoms with van der Waals surface area (Å²) in [5.41, 5.74) is 0.729. The Hall–Kier alpha value is -5.12. The molecule has 0 aromatic heterocycles. The first-order valence-corrected chi connectivity index (χ1v) is 15.3. The van der Waals surface area contributed by atoms with Crippen LogP contribution in [-0.2, 0) is 49.5 Å². The lowest BCUT2D eigenvalue weighted by Crippen LogP contribution is -2.52. The van der Waals surface area contributed by atoms with E-state index >= 15 is 0 Å². The minimum absolute atomic E-state index is 0.0797. The lowest BCUT2D eigenvalue weighted by molar-refractivity contribution is -0.153. The quantitative estimate of drug-likeness (QED) is 0.0510. The Kier molecular flexibility index (Phi) is 14.5. The van der Waals surface area contributed by atoms with E-state index in [9.17, 15) is 43.5 Å². The normalized spacial score (nSPS) is 15.0. The lowest BCUT2D eigenvalue weighted by atomic mass is 10.1. The van der Waals surface area contributed by atoms with Crippen LogP contribution in [0.1, 0.15) is 44.1 Å². The standard InChI is InChI=1S/C31H40N6O10/c38-23(9-5-2-6-14-37-27(42)12-13-28(37)43)32-16-24(39)33-18-26(41)36-22(15-20-7-3-1-4-8-20)30(44)34-17-25(40)35-19-47-29(31(45)46)21-10-11-21/h1,3-4,7-8,12-13,21-22,29H,2,5-6,9-11,14-19H2,(H,32,38)(H,33,39)(H,34,44)(H,35,40)(H,36,41)(H,45,46)/t22-,29?/m0/s1. The molecule has 254 valence electrons. The average Bonchev–Trinajstić information content (AvgIpc) is 3.84. The first-order valence-electron chi connectivity index (χ1n) is 15.3. The third-order valence-electron chi connectivity index (χ3n) is 7.26. The Morgan fingerprint density at radius 3 is 2.06 bits per heavy atom. The van der Waals surface area contributed by atoms with E-state index in [0.29, 0.717) is 19.3 Å². The highest BCUT2D eigenvalue weighted by Gasteiger charge is 2.37. The maximum atomic E-state index is 12.9. The van der Waals surface area contributed by atoms with Crippen molar-refractivity contribution in [3.05, 3.63) is 48.0 Å². The van der Waals surface area contributed by atoms with Crippen LogP contribution < -0.4 is 26.6 Å². The first-order chi connectivity index (χ1) is 22.5. The molecule has 1 saturated carbocycles. The van der Waals surface area contributed by atoms with Gasteiger partial charge >= 0.3 is 5.97 Å². The number of aliphatic carboxylic acids is 1. The van der Waals surface area contributed by atoms with Crippen molar-refractivity contribution < 1.29 is 48.2 Å². The summed E-state index contributed by atoms with van der Waals surface area (Å²) in [6.45, 7) is -1.35. The van der Waals surface area contributed by atoms with E-state index in [1.807, 2.05) is 0 Å². The largest absolute Gasteiger partial charge is 0.479 e. The van der Waals surface area contributed by atoms with Gasteiger partial charge in [0.1, 0.15) is 12.8 Å². The van der Waals surface area contributed by atoms with Gasteiger partial charge in [-0.1, -0.05) is 36.8 Å². The van der Waals surface area contributed by atoms with Gasteiger partial charge in [-0.2, -0.15) is 0 Å². The molecule has 1 aliphatic heterocycles. The fraction of sp³-hybridized carbons (Fsp3) is 0.484. The average molecular weight is 657 g/mol. The summed E-state index contributed by atoms with van der Waals surface area (Å²) in [4.78, 5) is 97.4. The second-order valence-corrected chi connectivity index (χ2v) is 11.1. The topological polar surface area (TPSA) is 229 Å². The summed E-state index contributed by atoms with van der Waals surface area (Å²) in [5, 5.41) is 21.4. The number of ether oxygens (including phenoxy) is 1. The van der Waals surface area contributed by atoms with Crippen LogP contribution in [0.4, 0.5) is 0 Å². The molecule has 1 fully saturated rings. The maximum absolute atomic E-state index is 12.9. The van der Waals surface area contributed by atoms with Gasteiger partial charge in [0.15, 0.2) is 6.10 Å². The van der Waals surface area contributed by atoms with Crippen molar-refractivity contribution in [1.82, 2.24) is 31.5 Å². The molecule has 1 aromatic carbocycles. The minimum atomic E-state index is -1.11. The van der Waals surface area contributed by atoms with Crippen molar-refractivity contribution in [1.29, 1.82) is 0 Å². The number of carbonyl (C=O) groups excluding carboxylic acids is 7. The van der Waals surface area contributed by atoms with E-state index in [1.165, 1.54) is 12.2 Å². The molecule has 2 atom stereocenters. The van der Waals surface area contributed by atoms with Gasteiger partial charge in [0.05, 0.1) is 19.6 Å². The molecule has 16 nitrogen and oxygen atoms in total. The van der Waals surface area contributed by atoms with E-state index in [1.54, 1.807) is 30.3 Å². The van der Waals surface area contributed by atoms with E-state index in [4.69, 9.17) is 4.74 Å². The Balaban J connectivity index is 1.34. The highest BCUT2D eigenvalue weighted by Crippen LogP contribution is 2.34. The Morgan fingerprint density at radius 1 is 0.787 bits per heavy atom. The van der Waals surface area contributed by atoms with Crippen LogP contribution in [0.5, 0.6) is 0 Å². The monoisotopic (exact) mass is 656 g/mol. The number of imide groups is 1. The predicted molar refractivity (Wildman–Crippen MR) is 164 cm³/mol. The molecule has 1 unspecified atom stereocenters. The summed E-state index contributed by atoms with van der Waals surface area (Å²) in [6, 6.07) is 7.73. The van der Waals surface area contributed by atoms with Crippen LogP contribution >= 0.6 is 0 Å². The SMILES string of the molecule is O=C(CCCCCN1C(=O)C=CC1=O)NCC(=O)NCC(=O)N[C@@H](Cc1ccccc1)C(=O)NCC(=O)NCOC(C(=O)O)C1CC1. The Labute approximate surface area is 271 Å². The molecule has 0 radical (unpaired) electrons. The molecule has 1 aromatic rings. The number of carbonyl (C=O) groups is 8. The third-order valence-corrected chi connectivity index (χ3v) is 7.26. The minimum Gasteiger partial charge on any atom is -0.479 e. The lowest BCUT2D eigenvalue weighted by Gasteiger charge is -2.19. The fourth-order valence-electron chi connectivity index (χ4n) is 4.57. The van der Waals surface area contributed by atoms with Crippen molar-refractivity contribution >= 4 is 47.3 Å². The van der Waals surface area contributed by atoms with Gasteiger partial charge < -0.3 is 36.4 Å². The molecular formula is C31H40N6O10. The molecule has 1 aliphatic carbocycles. The van der Waals surface area contributed by atoms with Gasteiger partial charge in [0.25, 0.3) is 11.8 Å². The van der Waals surface area contributed by atoms with Crippen molar-refractivity contribution in [3.63, 3.8) is 0 Å².